The first-order chi connectivity index (χ1) is 13.1. The molecule has 1 unspecified atom stereocenters. The van der Waals surface area contributed by atoms with Gasteiger partial charge in [0.1, 0.15) is 5.75 Å². The van der Waals surface area contributed by atoms with Crippen molar-refractivity contribution < 1.29 is 19.4 Å². The molecule has 144 valence electrons. The van der Waals surface area contributed by atoms with Gasteiger partial charge in [0, 0.05) is 25.3 Å². The fourth-order valence-electron chi connectivity index (χ4n) is 2.89. The zero-order valence-corrected chi connectivity index (χ0v) is 15.6. The summed E-state index contributed by atoms with van der Waals surface area (Å²) in [6.07, 6.45) is -0.757. The van der Waals surface area contributed by atoms with Crippen LogP contribution < -0.4 is 15.0 Å². The number of nitrogens with zero attached hydrogens (tertiary/aromatic N) is 1. The maximum absolute atomic E-state index is 11.9. The highest BCUT2D eigenvalue weighted by Crippen LogP contribution is 2.20. The van der Waals surface area contributed by atoms with Crippen LogP contribution in [0.1, 0.15) is 17.2 Å². The summed E-state index contributed by atoms with van der Waals surface area (Å²) >= 11 is 0. The molecule has 2 N–H and O–H groups in total. The van der Waals surface area contributed by atoms with E-state index >= 15 is 0 Å². The van der Waals surface area contributed by atoms with Crippen molar-refractivity contribution in [3.05, 3.63) is 59.7 Å². The summed E-state index contributed by atoms with van der Waals surface area (Å²) in [5.41, 5.74) is 3.02. The smallest absolute Gasteiger partial charge is 0.258 e. The summed E-state index contributed by atoms with van der Waals surface area (Å²) in [7, 11) is 0. The highest BCUT2D eigenvalue weighted by atomic mass is 16.5. The fraction of sp³-hybridized carbons (Fsp3) is 0.381. The molecule has 27 heavy (non-hydrogen) atoms. The predicted octanol–water partition coefficient (Wildman–Crippen LogP) is 2.06. The molecule has 1 fully saturated rings. The Morgan fingerprint density at radius 2 is 1.81 bits per heavy atom. The fourth-order valence-corrected chi connectivity index (χ4v) is 2.89. The van der Waals surface area contributed by atoms with Gasteiger partial charge in [-0.05, 0) is 36.8 Å². The number of morpholine rings is 1. The third kappa shape index (κ3) is 5.70. The van der Waals surface area contributed by atoms with Crippen molar-refractivity contribution >= 4 is 11.6 Å². The van der Waals surface area contributed by atoms with Gasteiger partial charge in [-0.25, -0.2) is 0 Å². The van der Waals surface area contributed by atoms with E-state index in [0.29, 0.717) is 5.75 Å². The van der Waals surface area contributed by atoms with Gasteiger partial charge in [0.05, 0.1) is 19.3 Å². The van der Waals surface area contributed by atoms with Crippen LogP contribution in [0.25, 0.3) is 0 Å². The average molecular weight is 370 g/mol. The molecule has 1 aliphatic rings. The second kappa shape index (κ2) is 9.39. The van der Waals surface area contributed by atoms with E-state index in [9.17, 15) is 9.90 Å². The number of carbonyl (C=O) groups excluding carboxylic acids is 1. The Morgan fingerprint density at radius 1 is 1.15 bits per heavy atom. The topological polar surface area (TPSA) is 71.0 Å². The molecule has 1 aliphatic heterocycles. The third-order valence-corrected chi connectivity index (χ3v) is 4.54. The van der Waals surface area contributed by atoms with Crippen LogP contribution in [0.15, 0.2) is 48.5 Å². The quantitative estimate of drug-likeness (QED) is 0.781. The zero-order valence-electron chi connectivity index (χ0n) is 15.6. The molecule has 1 amide bonds. The van der Waals surface area contributed by atoms with E-state index in [1.807, 2.05) is 55.5 Å². The largest absolute Gasteiger partial charge is 0.484 e. The van der Waals surface area contributed by atoms with E-state index in [4.69, 9.17) is 9.47 Å². The van der Waals surface area contributed by atoms with E-state index in [1.165, 1.54) is 0 Å². The number of aliphatic hydroxyl groups is 1. The first-order valence-electron chi connectivity index (χ1n) is 9.19. The molecule has 2 aromatic carbocycles. The number of ether oxygens (including phenoxy) is 2. The molecule has 6 nitrogen and oxygen atoms in total. The summed E-state index contributed by atoms with van der Waals surface area (Å²) in [5, 5.41) is 13.0. The lowest BCUT2D eigenvalue weighted by atomic mass is 10.1. The van der Waals surface area contributed by atoms with Gasteiger partial charge in [0.15, 0.2) is 6.61 Å². The molecule has 0 aliphatic carbocycles. The Hall–Kier alpha value is -2.57. The number of benzene rings is 2. The highest BCUT2D eigenvalue weighted by Gasteiger charge is 2.13. The number of hydrogen-bond acceptors (Lipinski definition) is 5. The summed E-state index contributed by atoms with van der Waals surface area (Å²) in [6, 6.07) is 15.3. The van der Waals surface area contributed by atoms with Crippen LogP contribution in [0.5, 0.6) is 5.75 Å². The number of rotatable bonds is 7. The van der Waals surface area contributed by atoms with Gasteiger partial charge in [-0.2, -0.15) is 0 Å². The van der Waals surface area contributed by atoms with Gasteiger partial charge in [-0.3, -0.25) is 4.79 Å². The molecule has 3 rings (SSSR count). The molecule has 0 spiro atoms. The number of anilines is 1. The Morgan fingerprint density at radius 3 is 2.48 bits per heavy atom. The van der Waals surface area contributed by atoms with Crippen LogP contribution in [0, 0.1) is 6.92 Å². The molecular weight excluding hydrogens is 344 g/mol. The van der Waals surface area contributed by atoms with Crippen LogP contribution in [-0.2, 0) is 9.53 Å². The number of aliphatic hydroxyl groups excluding tert-OH is 1. The standard InChI is InChI=1S/C21H26N2O4/c1-16-2-8-19(9-3-16)27-15-21(25)22-14-20(24)17-4-6-18(7-5-17)23-10-12-26-13-11-23/h2-9,20,24H,10-15H2,1H3,(H,22,25). The zero-order chi connectivity index (χ0) is 19.1. The Labute approximate surface area is 159 Å². The minimum atomic E-state index is -0.757. The summed E-state index contributed by atoms with van der Waals surface area (Å²) < 4.78 is 10.8. The van der Waals surface area contributed by atoms with Gasteiger partial charge >= 0.3 is 0 Å². The maximum Gasteiger partial charge on any atom is 0.258 e. The number of carbonyl (C=O) groups is 1. The van der Waals surface area contributed by atoms with E-state index in [-0.39, 0.29) is 19.1 Å². The second-order valence-electron chi connectivity index (χ2n) is 6.61. The van der Waals surface area contributed by atoms with Gasteiger partial charge in [-0.1, -0.05) is 29.8 Å². The maximum atomic E-state index is 11.9. The van der Waals surface area contributed by atoms with Gasteiger partial charge in [0.25, 0.3) is 5.91 Å². The highest BCUT2D eigenvalue weighted by molar-refractivity contribution is 5.77. The number of amides is 1. The van der Waals surface area contributed by atoms with Crippen LogP contribution in [0.2, 0.25) is 0 Å². The molecule has 0 bridgehead atoms. The third-order valence-electron chi connectivity index (χ3n) is 4.54. The second-order valence-corrected chi connectivity index (χ2v) is 6.61. The van der Waals surface area contributed by atoms with Crippen LogP contribution in [-0.4, -0.2) is 50.5 Å². The molecule has 1 atom stereocenters. The van der Waals surface area contributed by atoms with E-state index in [0.717, 1.165) is 43.1 Å². The van der Waals surface area contributed by atoms with Crippen LogP contribution in [0.4, 0.5) is 5.69 Å². The number of aryl methyl sites for hydroxylation is 1. The van der Waals surface area contributed by atoms with Crippen LogP contribution >= 0.6 is 0 Å². The summed E-state index contributed by atoms with van der Waals surface area (Å²) in [5.74, 6) is 0.384. The minimum absolute atomic E-state index is 0.0776. The number of hydrogen-bond donors (Lipinski definition) is 2. The first-order valence-corrected chi connectivity index (χ1v) is 9.19. The van der Waals surface area contributed by atoms with Gasteiger partial charge < -0.3 is 24.8 Å². The molecule has 0 saturated carbocycles. The van der Waals surface area contributed by atoms with Crippen molar-refractivity contribution in [1.29, 1.82) is 0 Å². The summed E-state index contributed by atoms with van der Waals surface area (Å²) in [4.78, 5) is 14.2. The van der Waals surface area contributed by atoms with Crippen molar-refractivity contribution in [2.45, 2.75) is 13.0 Å². The SMILES string of the molecule is Cc1ccc(OCC(=O)NCC(O)c2ccc(N3CCOCC3)cc2)cc1. The van der Waals surface area contributed by atoms with Crippen molar-refractivity contribution in [3.63, 3.8) is 0 Å². The molecular formula is C21H26N2O4. The molecule has 0 radical (unpaired) electrons. The molecule has 1 saturated heterocycles. The molecule has 0 aromatic heterocycles. The molecule has 6 heteroatoms. The minimum Gasteiger partial charge on any atom is -0.484 e. The average Bonchev–Trinajstić information content (AvgIpc) is 2.72. The van der Waals surface area contributed by atoms with Crippen molar-refractivity contribution in [1.82, 2.24) is 5.32 Å². The van der Waals surface area contributed by atoms with Gasteiger partial charge in [0.2, 0.25) is 0 Å². The Bertz CT molecular complexity index is 725. The van der Waals surface area contributed by atoms with E-state index in [1.54, 1.807) is 0 Å². The predicted molar refractivity (Wildman–Crippen MR) is 104 cm³/mol. The van der Waals surface area contributed by atoms with E-state index < -0.39 is 6.10 Å². The normalized spacial score (nSPS) is 15.3. The summed E-state index contributed by atoms with van der Waals surface area (Å²) in [6.45, 7) is 5.28. The lowest BCUT2D eigenvalue weighted by Gasteiger charge is -2.29. The van der Waals surface area contributed by atoms with Crippen LogP contribution in [0.3, 0.4) is 0 Å². The Kier molecular flexibility index (Phi) is 6.68. The van der Waals surface area contributed by atoms with Crippen molar-refractivity contribution in [3.8, 4) is 5.75 Å². The molecule has 2 aromatic rings. The first kappa shape index (κ1) is 19.2. The molecule has 1 heterocycles. The van der Waals surface area contributed by atoms with Crippen molar-refractivity contribution in [2.24, 2.45) is 0 Å². The number of nitrogens with one attached hydrogen (secondary N) is 1. The lowest BCUT2D eigenvalue weighted by Crippen LogP contribution is -2.36. The van der Waals surface area contributed by atoms with E-state index in [2.05, 4.69) is 10.2 Å². The monoisotopic (exact) mass is 370 g/mol. The van der Waals surface area contributed by atoms with Gasteiger partial charge in [-0.15, -0.1) is 0 Å². The Balaban J connectivity index is 1.43. The lowest BCUT2D eigenvalue weighted by molar-refractivity contribution is -0.123. The van der Waals surface area contributed by atoms with Crippen molar-refractivity contribution in [2.75, 3.05) is 44.4 Å².